The SMILES string of the molecule is C[C@@H](c1ncc(F)cn1)c1nn(C)c2nc(N)nc(Nc3cn(C)cn3)c12. The van der Waals surface area contributed by atoms with Gasteiger partial charge in [0.2, 0.25) is 5.95 Å². The zero-order chi connectivity index (χ0) is 19.1. The molecule has 4 aromatic rings. The second kappa shape index (κ2) is 6.27. The van der Waals surface area contributed by atoms with E-state index in [0.29, 0.717) is 34.2 Å². The smallest absolute Gasteiger partial charge is 0.224 e. The molecule has 0 saturated carbocycles. The standard InChI is InChI=1S/C16H17FN10/c1-8(13-19-4-9(17)5-20-13)12-11-14(22-10-6-26(2)7-21-10)23-16(18)24-15(11)27(3)25-12/h4-8H,1-3H3,(H3,18,22,23,24)/t8-/m1/s1. The molecule has 4 heterocycles. The molecular formula is C16H17FN10. The van der Waals surface area contributed by atoms with Gasteiger partial charge in [0, 0.05) is 20.3 Å². The Balaban J connectivity index is 1.86. The molecule has 27 heavy (non-hydrogen) atoms. The van der Waals surface area contributed by atoms with E-state index in [9.17, 15) is 4.39 Å². The van der Waals surface area contributed by atoms with E-state index in [1.165, 1.54) is 0 Å². The van der Waals surface area contributed by atoms with Crippen LogP contribution in [0, 0.1) is 5.82 Å². The molecule has 0 spiro atoms. The number of anilines is 3. The summed E-state index contributed by atoms with van der Waals surface area (Å²) in [5.74, 6) is 0.833. The quantitative estimate of drug-likeness (QED) is 0.555. The van der Waals surface area contributed by atoms with Crippen LogP contribution in [-0.2, 0) is 14.1 Å². The number of rotatable bonds is 4. The number of nitrogen functional groups attached to an aromatic ring is 1. The van der Waals surface area contributed by atoms with Crippen LogP contribution in [0.1, 0.15) is 24.4 Å². The van der Waals surface area contributed by atoms with E-state index < -0.39 is 5.82 Å². The first-order valence-corrected chi connectivity index (χ1v) is 8.15. The molecule has 0 aromatic carbocycles. The minimum Gasteiger partial charge on any atom is -0.368 e. The number of aryl methyl sites for hydroxylation is 2. The van der Waals surface area contributed by atoms with Gasteiger partial charge in [0.1, 0.15) is 17.5 Å². The number of hydrogen-bond donors (Lipinski definition) is 2. The van der Waals surface area contributed by atoms with E-state index in [4.69, 9.17) is 5.73 Å². The number of nitrogens with two attached hydrogens (primary N) is 1. The summed E-state index contributed by atoms with van der Waals surface area (Å²) in [5, 5.41) is 8.40. The number of halogens is 1. The van der Waals surface area contributed by atoms with E-state index in [2.05, 4.69) is 35.3 Å². The molecule has 0 aliphatic heterocycles. The highest BCUT2D eigenvalue weighted by Gasteiger charge is 2.24. The first-order valence-electron chi connectivity index (χ1n) is 8.15. The maximum Gasteiger partial charge on any atom is 0.224 e. The van der Waals surface area contributed by atoms with Crippen LogP contribution in [0.5, 0.6) is 0 Å². The van der Waals surface area contributed by atoms with Crippen LogP contribution < -0.4 is 11.1 Å². The van der Waals surface area contributed by atoms with Gasteiger partial charge in [-0.05, 0) is 6.92 Å². The van der Waals surface area contributed by atoms with Gasteiger partial charge in [0.15, 0.2) is 11.5 Å². The van der Waals surface area contributed by atoms with Gasteiger partial charge in [0.05, 0.1) is 35.7 Å². The lowest BCUT2D eigenvalue weighted by Crippen LogP contribution is -2.06. The Bertz CT molecular complexity index is 1110. The summed E-state index contributed by atoms with van der Waals surface area (Å²) >= 11 is 0. The molecule has 4 aromatic heterocycles. The highest BCUT2D eigenvalue weighted by atomic mass is 19.1. The fourth-order valence-electron chi connectivity index (χ4n) is 2.86. The Labute approximate surface area is 153 Å². The second-order valence-corrected chi connectivity index (χ2v) is 6.17. The van der Waals surface area contributed by atoms with Gasteiger partial charge in [-0.25, -0.2) is 24.0 Å². The Morgan fingerprint density at radius 1 is 1.15 bits per heavy atom. The third-order valence-electron chi connectivity index (χ3n) is 4.12. The normalized spacial score (nSPS) is 12.4. The molecule has 138 valence electrons. The monoisotopic (exact) mass is 368 g/mol. The maximum absolute atomic E-state index is 13.2. The van der Waals surface area contributed by atoms with Crippen LogP contribution in [-0.4, -0.2) is 39.3 Å². The minimum absolute atomic E-state index is 0.112. The van der Waals surface area contributed by atoms with Crippen LogP contribution >= 0.6 is 0 Å². The first kappa shape index (κ1) is 16.8. The van der Waals surface area contributed by atoms with Gasteiger partial charge in [-0.2, -0.15) is 15.1 Å². The third-order valence-corrected chi connectivity index (χ3v) is 4.12. The highest BCUT2D eigenvalue weighted by Crippen LogP contribution is 2.32. The molecule has 10 nitrogen and oxygen atoms in total. The molecule has 11 heteroatoms. The summed E-state index contributed by atoms with van der Waals surface area (Å²) in [7, 11) is 3.63. The van der Waals surface area contributed by atoms with E-state index in [-0.39, 0.29) is 11.9 Å². The predicted molar refractivity (Wildman–Crippen MR) is 96.7 cm³/mol. The summed E-state index contributed by atoms with van der Waals surface area (Å²) in [6, 6.07) is 0. The summed E-state index contributed by atoms with van der Waals surface area (Å²) in [4.78, 5) is 21.0. The zero-order valence-corrected chi connectivity index (χ0v) is 14.9. The van der Waals surface area contributed by atoms with E-state index in [1.807, 2.05) is 24.7 Å². The Morgan fingerprint density at radius 2 is 1.89 bits per heavy atom. The molecule has 0 unspecified atom stereocenters. The Morgan fingerprint density at radius 3 is 2.56 bits per heavy atom. The molecule has 0 bridgehead atoms. The van der Waals surface area contributed by atoms with Crippen LogP contribution in [0.15, 0.2) is 24.9 Å². The molecule has 4 rings (SSSR count). The topological polar surface area (TPSA) is 125 Å². The van der Waals surface area contributed by atoms with Crippen LogP contribution in [0.2, 0.25) is 0 Å². The van der Waals surface area contributed by atoms with Crippen molar-refractivity contribution in [2.45, 2.75) is 12.8 Å². The third kappa shape index (κ3) is 3.03. The van der Waals surface area contributed by atoms with Gasteiger partial charge in [0.25, 0.3) is 0 Å². The molecule has 1 atom stereocenters. The van der Waals surface area contributed by atoms with Gasteiger partial charge in [-0.1, -0.05) is 0 Å². The van der Waals surface area contributed by atoms with Crippen molar-refractivity contribution < 1.29 is 4.39 Å². The summed E-state index contributed by atoms with van der Waals surface area (Å²) in [6.07, 6.45) is 5.74. The summed E-state index contributed by atoms with van der Waals surface area (Å²) in [5.41, 5.74) is 7.08. The summed E-state index contributed by atoms with van der Waals surface area (Å²) < 4.78 is 16.6. The Hall–Kier alpha value is -3.63. The highest BCUT2D eigenvalue weighted by molar-refractivity contribution is 5.92. The van der Waals surface area contributed by atoms with Gasteiger partial charge >= 0.3 is 0 Å². The number of hydrogen-bond acceptors (Lipinski definition) is 8. The number of nitrogens with zero attached hydrogens (tertiary/aromatic N) is 8. The molecule has 0 amide bonds. The van der Waals surface area contributed by atoms with Crippen molar-refractivity contribution in [1.29, 1.82) is 0 Å². The van der Waals surface area contributed by atoms with Crippen molar-refractivity contribution in [1.82, 2.24) is 39.3 Å². The van der Waals surface area contributed by atoms with Crippen molar-refractivity contribution in [2.75, 3.05) is 11.1 Å². The van der Waals surface area contributed by atoms with Gasteiger partial charge < -0.3 is 15.6 Å². The van der Waals surface area contributed by atoms with Crippen molar-refractivity contribution >= 4 is 28.6 Å². The lowest BCUT2D eigenvalue weighted by atomic mass is 10.0. The predicted octanol–water partition coefficient (Wildman–Crippen LogP) is 1.50. The summed E-state index contributed by atoms with van der Waals surface area (Å²) in [6.45, 7) is 1.88. The lowest BCUT2D eigenvalue weighted by Gasteiger charge is -2.10. The van der Waals surface area contributed by atoms with Gasteiger partial charge in [-0.3, -0.25) is 0 Å². The molecular weight excluding hydrogens is 351 g/mol. The fraction of sp³-hybridized carbons (Fsp3) is 0.250. The average molecular weight is 368 g/mol. The number of imidazole rings is 1. The average Bonchev–Trinajstić information content (AvgIpc) is 3.18. The first-order chi connectivity index (χ1) is 12.9. The van der Waals surface area contributed by atoms with Crippen molar-refractivity contribution in [2.24, 2.45) is 14.1 Å². The zero-order valence-electron chi connectivity index (χ0n) is 14.9. The van der Waals surface area contributed by atoms with E-state index >= 15 is 0 Å². The molecule has 0 fully saturated rings. The largest absolute Gasteiger partial charge is 0.368 e. The number of nitrogens with one attached hydrogen (secondary N) is 1. The van der Waals surface area contributed by atoms with Crippen LogP contribution in [0.25, 0.3) is 11.0 Å². The van der Waals surface area contributed by atoms with E-state index in [1.54, 1.807) is 18.1 Å². The van der Waals surface area contributed by atoms with Crippen molar-refractivity contribution in [3.63, 3.8) is 0 Å². The van der Waals surface area contributed by atoms with E-state index in [0.717, 1.165) is 12.4 Å². The number of aromatic nitrogens is 8. The fourth-order valence-corrected chi connectivity index (χ4v) is 2.86. The molecule has 3 N–H and O–H groups in total. The van der Waals surface area contributed by atoms with Crippen LogP contribution in [0.4, 0.5) is 22.0 Å². The molecule has 0 aliphatic carbocycles. The maximum atomic E-state index is 13.2. The van der Waals surface area contributed by atoms with Crippen molar-refractivity contribution in [3.05, 3.63) is 42.3 Å². The molecule has 0 saturated heterocycles. The Kier molecular flexibility index (Phi) is 3.90. The minimum atomic E-state index is -0.495. The van der Waals surface area contributed by atoms with Crippen LogP contribution in [0.3, 0.4) is 0 Å². The molecule has 0 radical (unpaired) electrons. The van der Waals surface area contributed by atoms with Crippen molar-refractivity contribution in [3.8, 4) is 0 Å². The lowest BCUT2D eigenvalue weighted by molar-refractivity contribution is 0.604. The number of fused-ring (bicyclic) bond motifs is 1. The van der Waals surface area contributed by atoms with Gasteiger partial charge in [-0.15, -0.1) is 0 Å². The second-order valence-electron chi connectivity index (χ2n) is 6.17. The molecule has 0 aliphatic rings.